The van der Waals surface area contributed by atoms with Gasteiger partial charge in [0.2, 0.25) is 5.78 Å². The van der Waals surface area contributed by atoms with Crippen LogP contribution >= 0.6 is 0 Å². The fraction of sp³-hybridized carbons (Fsp3) is 0.538. The number of morpholine rings is 2. The van der Waals surface area contributed by atoms with Gasteiger partial charge in [0.25, 0.3) is 0 Å². The van der Waals surface area contributed by atoms with Gasteiger partial charge in [-0.25, -0.2) is 14.9 Å². The van der Waals surface area contributed by atoms with E-state index in [1.165, 1.54) is 4.52 Å². The number of ketones is 1. The van der Waals surface area contributed by atoms with Crippen molar-refractivity contribution in [1.29, 1.82) is 5.41 Å². The Labute approximate surface area is 216 Å². The number of nitrogens with zero attached hydrogens (tertiary/aromatic N) is 6. The van der Waals surface area contributed by atoms with Gasteiger partial charge in [-0.2, -0.15) is 0 Å². The minimum atomic E-state index is -0.231. The zero-order valence-electron chi connectivity index (χ0n) is 22.0. The number of anilines is 2. The van der Waals surface area contributed by atoms with E-state index in [-0.39, 0.29) is 23.4 Å². The number of rotatable bonds is 6. The Morgan fingerprint density at radius 1 is 1.08 bits per heavy atom. The van der Waals surface area contributed by atoms with Crippen LogP contribution in [0.15, 0.2) is 24.3 Å². The highest BCUT2D eigenvalue weighted by Crippen LogP contribution is 2.40. The summed E-state index contributed by atoms with van der Waals surface area (Å²) < 4.78 is 19.9. The van der Waals surface area contributed by atoms with Gasteiger partial charge in [-0.05, 0) is 29.7 Å². The van der Waals surface area contributed by atoms with Crippen LogP contribution in [-0.4, -0.2) is 75.1 Å². The second kappa shape index (κ2) is 10.1. The third-order valence-electron chi connectivity index (χ3n) is 6.87. The summed E-state index contributed by atoms with van der Waals surface area (Å²) >= 11 is 0. The quantitative estimate of drug-likeness (QED) is 0.386. The lowest BCUT2D eigenvalue weighted by Crippen LogP contribution is -2.44. The van der Waals surface area contributed by atoms with Crippen LogP contribution in [0.1, 0.15) is 36.7 Å². The van der Waals surface area contributed by atoms with Crippen molar-refractivity contribution in [3.05, 3.63) is 41.0 Å². The minimum Gasteiger partial charge on any atom is -0.494 e. The van der Waals surface area contributed by atoms with E-state index >= 15 is 0 Å². The molecule has 1 aromatic carbocycles. The fourth-order valence-corrected chi connectivity index (χ4v) is 4.86. The summed E-state index contributed by atoms with van der Waals surface area (Å²) in [6, 6.07) is 7.62. The van der Waals surface area contributed by atoms with Crippen molar-refractivity contribution in [1.82, 2.24) is 14.7 Å². The van der Waals surface area contributed by atoms with Crippen LogP contribution in [0.5, 0.6) is 5.75 Å². The van der Waals surface area contributed by atoms with Gasteiger partial charge in [0.05, 0.1) is 44.8 Å². The van der Waals surface area contributed by atoms with Crippen LogP contribution < -0.4 is 29.9 Å². The zero-order valence-corrected chi connectivity index (χ0v) is 22.0. The molecule has 11 nitrogen and oxygen atoms in total. The lowest BCUT2D eigenvalue weighted by atomic mass is 9.84. The van der Waals surface area contributed by atoms with E-state index < -0.39 is 0 Å². The molecule has 0 amide bonds. The van der Waals surface area contributed by atoms with Crippen molar-refractivity contribution in [2.45, 2.75) is 32.7 Å². The van der Waals surface area contributed by atoms with Crippen molar-refractivity contribution in [3.8, 4) is 5.75 Å². The minimum absolute atomic E-state index is 0.000572. The predicted octanol–water partition coefficient (Wildman–Crippen LogP) is 0.921. The summed E-state index contributed by atoms with van der Waals surface area (Å²) in [5.74, 6) is 1.46. The summed E-state index contributed by atoms with van der Waals surface area (Å²) in [6.07, 6.45) is 0. The van der Waals surface area contributed by atoms with Crippen molar-refractivity contribution in [2.24, 2.45) is 0 Å². The van der Waals surface area contributed by atoms with E-state index in [1.54, 1.807) is 11.8 Å². The van der Waals surface area contributed by atoms with E-state index in [1.807, 2.05) is 24.3 Å². The molecule has 2 aliphatic rings. The summed E-state index contributed by atoms with van der Waals surface area (Å²) in [7, 11) is 1.68. The Morgan fingerprint density at radius 2 is 1.73 bits per heavy atom. The zero-order chi connectivity index (χ0) is 26.2. The molecule has 0 bridgehead atoms. The molecule has 2 fully saturated rings. The van der Waals surface area contributed by atoms with Gasteiger partial charge in [-0.1, -0.05) is 20.8 Å². The van der Waals surface area contributed by atoms with E-state index in [4.69, 9.17) is 19.6 Å². The van der Waals surface area contributed by atoms with Crippen LogP contribution in [0.2, 0.25) is 0 Å². The second-order valence-corrected chi connectivity index (χ2v) is 10.4. The summed E-state index contributed by atoms with van der Waals surface area (Å²) in [4.78, 5) is 18.0. The molecule has 2 aliphatic heterocycles. The van der Waals surface area contributed by atoms with Crippen LogP contribution in [0, 0.1) is 5.41 Å². The van der Waals surface area contributed by atoms with E-state index in [0.717, 1.165) is 49.0 Å². The molecule has 2 aromatic heterocycles. The van der Waals surface area contributed by atoms with Crippen LogP contribution in [0.25, 0.3) is 5.65 Å². The molecule has 5 rings (SSSR count). The first-order valence-electron chi connectivity index (χ1n) is 12.7. The SMILES string of the molecule is COc1c(N2CCOCC2)cc(C(=O)C[n+]2[n-]c(=N)n3nc(N4CCOCC4)ccc32)cc1C(C)(C)C. The molecule has 4 heterocycles. The first-order chi connectivity index (χ1) is 17.8. The van der Waals surface area contributed by atoms with Gasteiger partial charge in [0.15, 0.2) is 12.2 Å². The van der Waals surface area contributed by atoms with Gasteiger partial charge in [0.1, 0.15) is 11.6 Å². The molecular formula is C26H35N7O4. The van der Waals surface area contributed by atoms with Gasteiger partial charge in [0, 0.05) is 37.3 Å². The number of ether oxygens (including phenoxy) is 3. The molecule has 37 heavy (non-hydrogen) atoms. The maximum atomic E-state index is 13.6. The lowest BCUT2D eigenvalue weighted by Gasteiger charge is -2.33. The molecule has 3 aromatic rings. The number of fused-ring (bicyclic) bond motifs is 1. The van der Waals surface area contributed by atoms with Crippen molar-refractivity contribution >= 4 is 22.9 Å². The Balaban J connectivity index is 1.49. The Bertz CT molecular complexity index is 1350. The number of Topliss-reactive ketones (excluding diaryl/α,β-unsaturated/α-hetero) is 1. The normalized spacial score (nSPS) is 16.9. The first-order valence-corrected chi connectivity index (χ1v) is 12.7. The summed E-state index contributed by atoms with van der Waals surface area (Å²) in [5.41, 5.74) is 2.81. The molecule has 0 saturated carbocycles. The van der Waals surface area contributed by atoms with Gasteiger partial charge < -0.3 is 29.4 Å². The highest BCUT2D eigenvalue weighted by Gasteiger charge is 2.27. The molecule has 2 saturated heterocycles. The van der Waals surface area contributed by atoms with Gasteiger partial charge >= 0.3 is 0 Å². The predicted molar refractivity (Wildman–Crippen MR) is 137 cm³/mol. The Morgan fingerprint density at radius 3 is 2.35 bits per heavy atom. The van der Waals surface area contributed by atoms with Gasteiger partial charge in [-0.15, -0.1) is 0 Å². The number of aromatic nitrogens is 4. The highest BCUT2D eigenvalue weighted by molar-refractivity contribution is 5.97. The monoisotopic (exact) mass is 509 g/mol. The Kier molecular flexibility index (Phi) is 6.91. The van der Waals surface area contributed by atoms with Gasteiger partial charge in [-0.3, -0.25) is 9.31 Å². The smallest absolute Gasteiger partial charge is 0.205 e. The maximum Gasteiger partial charge on any atom is 0.205 e. The van der Waals surface area contributed by atoms with Crippen LogP contribution in [0.3, 0.4) is 0 Å². The number of hydrogen-bond acceptors (Lipinski definition) is 8. The molecule has 0 radical (unpaired) electrons. The average molecular weight is 510 g/mol. The maximum absolute atomic E-state index is 13.6. The molecule has 11 heteroatoms. The number of methoxy groups -OCH3 is 1. The first kappa shape index (κ1) is 25.2. The molecule has 198 valence electrons. The fourth-order valence-electron chi connectivity index (χ4n) is 4.86. The van der Waals surface area contributed by atoms with Crippen molar-refractivity contribution < 1.29 is 23.7 Å². The van der Waals surface area contributed by atoms with Crippen LogP contribution in [0.4, 0.5) is 11.5 Å². The molecule has 0 unspecified atom stereocenters. The molecule has 1 N–H and O–H groups in total. The number of carbonyl (C=O) groups is 1. The topological polar surface area (TPSA) is 110 Å². The molecular weight excluding hydrogens is 474 g/mol. The number of nitrogens with one attached hydrogen (secondary N) is 1. The van der Waals surface area contributed by atoms with Crippen molar-refractivity contribution in [2.75, 3.05) is 69.5 Å². The van der Waals surface area contributed by atoms with E-state index in [9.17, 15) is 4.79 Å². The second-order valence-electron chi connectivity index (χ2n) is 10.4. The van der Waals surface area contributed by atoms with E-state index in [2.05, 4.69) is 40.8 Å². The largest absolute Gasteiger partial charge is 0.494 e. The number of benzene rings is 1. The number of carbonyl (C=O) groups excluding carboxylic acids is 1. The van der Waals surface area contributed by atoms with Crippen LogP contribution in [-0.2, 0) is 21.4 Å². The third kappa shape index (κ3) is 5.05. The summed E-state index contributed by atoms with van der Waals surface area (Å²) in [6.45, 7) is 11.9. The molecule has 0 aliphatic carbocycles. The standard InChI is InChI=1S/C26H35N7O4/c1-26(2,3)19-15-18(16-20(24(19)35-4)30-7-11-36-12-8-30)21(34)17-32-23-6-5-22(28-33(23)25(27)29-32)31-9-13-37-14-10-31/h5-6,15-16,27H,7-14,17H2,1-4H3. The average Bonchev–Trinajstić information content (AvgIpc) is 3.22. The highest BCUT2D eigenvalue weighted by atomic mass is 16.5. The lowest BCUT2D eigenvalue weighted by molar-refractivity contribution is -0.721. The third-order valence-corrected chi connectivity index (χ3v) is 6.87. The Hall–Kier alpha value is -3.44. The molecule has 0 atom stereocenters. The summed E-state index contributed by atoms with van der Waals surface area (Å²) in [5, 5.41) is 17.3. The molecule has 0 spiro atoms. The van der Waals surface area contributed by atoms with Crippen molar-refractivity contribution in [3.63, 3.8) is 0 Å². The number of hydrogen-bond donors (Lipinski definition) is 1. The van der Waals surface area contributed by atoms with E-state index in [0.29, 0.717) is 37.6 Å².